The van der Waals surface area contributed by atoms with E-state index >= 15 is 0 Å². The van der Waals surface area contributed by atoms with Crippen LogP contribution in [0.3, 0.4) is 0 Å². The standard InChI is InChI=1S/C18H25/c1-5-6-7-8-9-10-11-16-12-14-17(15-13-16)18(2,3)4/h12-15H,6-11H2,2-4H3. The van der Waals surface area contributed by atoms with Gasteiger partial charge in [-0.15, -0.1) is 0 Å². The maximum absolute atomic E-state index is 6.84. The van der Waals surface area contributed by atoms with Crippen LogP contribution in [-0.4, -0.2) is 0 Å². The molecule has 0 spiro atoms. The first kappa shape index (κ1) is 14.8. The van der Waals surface area contributed by atoms with Crippen molar-refractivity contribution in [3.63, 3.8) is 0 Å². The molecule has 0 saturated carbocycles. The minimum Gasteiger partial charge on any atom is -0.0891 e. The zero-order valence-corrected chi connectivity index (χ0v) is 12.1. The Morgan fingerprint density at radius 3 is 2.11 bits per heavy atom. The van der Waals surface area contributed by atoms with Gasteiger partial charge in [-0.05, 0) is 42.2 Å². The van der Waals surface area contributed by atoms with Crippen molar-refractivity contribution in [2.24, 2.45) is 0 Å². The molecular weight excluding hydrogens is 216 g/mol. The van der Waals surface area contributed by atoms with Crippen molar-refractivity contribution < 1.29 is 0 Å². The average Bonchev–Trinajstić information content (AvgIpc) is 2.33. The van der Waals surface area contributed by atoms with Gasteiger partial charge in [0.1, 0.15) is 0 Å². The number of hydrogen-bond donors (Lipinski definition) is 0. The molecule has 0 aliphatic carbocycles. The summed E-state index contributed by atoms with van der Waals surface area (Å²) in [6.07, 6.45) is 13.7. The zero-order valence-electron chi connectivity index (χ0n) is 12.1. The van der Waals surface area contributed by atoms with Crippen LogP contribution in [0, 0.1) is 12.3 Å². The summed E-state index contributed by atoms with van der Waals surface area (Å²) in [5.74, 6) is 2.45. The molecule has 0 atom stereocenters. The lowest BCUT2D eigenvalue weighted by atomic mass is 9.86. The van der Waals surface area contributed by atoms with Crippen LogP contribution in [-0.2, 0) is 11.8 Å². The van der Waals surface area contributed by atoms with Gasteiger partial charge in [0.15, 0.2) is 0 Å². The second-order valence-electron chi connectivity index (χ2n) is 6.04. The van der Waals surface area contributed by atoms with Crippen molar-refractivity contribution in [3.05, 3.63) is 41.8 Å². The molecule has 0 aliphatic rings. The summed E-state index contributed by atoms with van der Waals surface area (Å²) in [4.78, 5) is 0. The van der Waals surface area contributed by atoms with Gasteiger partial charge >= 0.3 is 0 Å². The van der Waals surface area contributed by atoms with E-state index in [0.29, 0.717) is 0 Å². The van der Waals surface area contributed by atoms with Gasteiger partial charge < -0.3 is 0 Å². The van der Waals surface area contributed by atoms with E-state index < -0.39 is 0 Å². The molecule has 1 aromatic carbocycles. The topological polar surface area (TPSA) is 0 Å². The Labute approximate surface area is 113 Å². The van der Waals surface area contributed by atoms with E-state index in [1.165, 1.54) is 36.8 Å². The van der Waals surface area contributed by atoms with E-state index in [1.54, 1.807) is 0 Å². The van der Waals surface area contributed by atoms with E-state index in [4.69, 9.17) is 6.42 Å². The first-order chi connectivity index (χ1) is 8.54. The van der Waals surface area contributed by atoms with Gasteiger partial charge in [-0.2, -0.15) is 0 Å². The largest absolute Gasteiger partial charge is 0.0891 e. The summed E-state index contributed by atoms with van der Waals surface area (Å²) < 4.78 is 0. The summed E-state index contributed by atoms with van der Waals surface area (Å²) in [6, 6.07) is 9.07. The molecule has 0 heterocycles. The van der Waals surface area contributed by atoms with Crippen molar-refractivity contribution in [1.29, 1.82) is 0 Å². The second-order valence-corrected chi connectivity index (χ2v) is 6.04. The molecule has 0 unspecified atom stereocenters. The number of hydrogen-bond acceptors (Lipinski definition) is 0. The minimum absolute atomic E-state index is 0.252. The highest BCUT2D eigenvalue weighted by atomic mass is 14.2. The summed E-state index contributed by atoms with van der Waals surface area (Å²) in [5, 5.41) is 0. The molecule has 18 heavy (non-hydrogen) atoms. The Hall–Kier alpha value is -1.22. The maximum Gasteiger partial charge on any atom is 0.00989 e. The Bertz CT molecular complexity index is 370. The number of benzene rings is 1. The Morgan fingerprint density at radius 1 is 0.944 bits per heavy atom. The molecule has 0 amide bonds. The van der Waals surface area contributed by atoms with Crippen LogP contribution in [0.5, 0.6) is 0 Å². The molecule has 0 fully saturated rings. The smallest absolute Gasteiger partial charge is 0.00989 e. The van der Waals surface area contributed by atoms with E-state index in [1.807, 2.05) is 0 Å². The predicted octanol–water partition coefficient (Wildman–Crippen LogP) is 5.07. The maximum atomic E-state index is 6.84. The van der Waals surface area contributed by atoms with Gasteiger partial charge in [0.25, 0.3) is 0 Å². The van der Waals surface area contributed by atoms with Crippen LogP contribution >= 0.6 is 0 Å². The van der Waals surface area contributed by atoms with E-state index in [0.717, 1.165) is 12.8 Å². The summed E-state index contributed by atoms with van der Waals surface area (Å²) in [7, 11) is 0. The minimum atomic E-state index is 0.252. The van der Waals surface area contributed by atoms with Crippen molar-refractivity contribution in [1.82, 2.24) is 0 Å². The monoisotopic (exact) mass is 241 g/mol. The van der Waals surface area contributed by atoms with E-state index in [-0.39, 0.29) is 5.41 Å². The van der Waals surface area contributed by atoms with Crippen molar-refractivity contribution in [2.75, 3.05) is 0 Å². The highest BCUT2D eigenvalue weighted by molar-refractivity contribution is 5.27. The third-order valence-corrected chi connectivity index (χ3v) is 3.34. The summed E-state index contributed by atoms with van der Waals surface area (Å²) in [5.41, 5.74) is 3.11. The third kappa shape index (κ3) is 5.41. The molecule has 0 aromatic heterocycles. The molecule has 0 bridgehead atoms. The first-order valence-corrected chi connectivity index (χ1v) is 7.03. The van der Waals surface area contributed by atoms with Crippen LogP contribution in [0.1, 0.15) is 64.0 Å². The fraction of sp³-hybridized carbons (Fsp3) is 0.556. The molecule has 0 heteroatoms. The van der Waals surface area contributed by atoms with Crippen LogP contribution in [0.25, 0.3) is 0 Å². The third-order valence-electron chi connectivity index (χ3n) is 3.34. The van der Waals surface area contributed by atoms with E-state index in [2.05, 4.69) is 51.0 Å². The van der Waals surface area contributed by atoms with Gasteiger partial charge in [-0.3, -0.25) is 0 Å². The van der Waals surface area contributed by atoms with Crippen LogP contribution in [0.2, 0.25) is 0 Å². The van der Waals surface area contributed by atoms with E-state index in [9.17, 15) is 0 Å². The van der Waals surface area contributed by atoms with Crippen molar-refractivity contribution in [2.45, 2.75) is 64.7 Å². The fourth-order valence-electron chi connectivity index (χ4n) is 2.07. The van der Waals surface area contributed by atoms with Gasteiger partial charge in [-0.1, -0.05) is 63.8 Å². The van der Waals surface area contributed by atoms with Crippen molar-refractivity contribution in [3.8, 4) is 5.92 Å². The number of aryl methyl sites for hydroxylation is 1. The predicted molar refractivity (Wildman–Crippen MR) is 79.1 cm³/mol. The molecule has 0 N–H and O–H groups in total. The Kier molecular flexibility index (Phi) is 5.99. The first-order valence-electron chi connectivity index (χ1n) is 7.03. The highest BCUT2D eigenvalue weighted by Gasteiger charge is 2.12. The molecule has 1 rings (SSSR count). The Morgan fingerprint density at radius 2 is 1.56 bits per heavy atom. The van der Waals surface area contributed by atoms with Gasteiger partial charge in [0.2, 0.25) is 0 Å². The number of unbranched alkanes of at least 4 members (excludes halogenated alkanes) is 4. The molecule has 1 radical (unpaired) electrons. The van der Waals surface area contributed by atoms with Crippen LogP contribution < -0.4 is 0 Å². The average molecular weight is 241 g/mol. The molecule has 0 nitrogen and oxygen atoms in total. The fourth-order valence-corrected chi connectivity index (χ4v) is 2.07. The lowest BCUT2D eigenvalue weighted by Gasteiger charge is -2.19. The molecule has 97 valence electrons. The van der Waals surface area contributed by atoms with Gasteiger partial charge in [-0.25, -0.2) is 0 Å². The molecule has 0 aliphatic heterocycles. The SMILES string of the molecule is [C]#CCCCCCCc1ccc(C(C)(C)C)cc1. The quantitative estimate of drug-likeness (QED) is 0.482. The lowest BCUT2D eigenvalue weighted by molar-refractivity contribution is 0.589. The number of rotatable bonds is 6. The van der Waals surface area contributed by atoms with Crippen molar-refractivity contribution >= 4 is 0 Å². The summed E-state index contributed by atoms with van der Waals surface area (Å²) >= 11 is 0. The van der Waals surface area contributed by atoms with Gasteiger partial charge in [0, 0.05) is 6.42 Å². The second kappa shape index (κ2) is 7.27. The summed E-state index contributed by atoms with van der Waals surface area (Å²) in [6.45, 7) is 6.76. The lowest BCUT2D eigenvalue weighted by Crippen LogP contribution is -2.10. The normalized spacial score (nSPS) is 11.2. The van der Waals surface area contributed by atoms with Gasteiger partial charge in [0.05, 0.1) is 0 Å². The molecule has 1 aromatic rings. The molecule has 0 saturated heterocycles. The highest BCUT2D eigenvalue weighted by Crippen LogP contribution is 2.22. The van der Waals surface area contributed by atoms with Crippen LogP contribution in [0.15, 0.2) is 24.3 Å². The zero-order chi connectivity index (χ0) is 13.4. The Balaban J connectivity index is 2.30. The molecular formula is C18H25. The van der Waals surface area contributed by atoms with Crippen LogP contribution in [0.4, 0.5) is 0 Å².